The van der Waals surface area contributed by atoms with Crippen LogP contribution < -0.4 is 5.73 Å². The summed E-state index contributed by atoms with van der Waals surface area (Å²) < 4.78 is 0. The van der Waals surface area contributed by atoms with Gasteiger partial charge in [-0.15, -0.1) is 0 Å². The fraction of sp³-hybridized carbons (Fsp3) is 1.00. The molecule has 0 aromatic heterocycles. The Morgan fingerprint density at radius 2 is 1.92 bits per heavy atom. The highest BCUT2D eigenvalue weighted by molar-refractivity contribution is 4.90. The lowest BCUT2D eigenvalue weighted by Crippen LogP contribution is -2.54. The van der Waals surface area contributed by atoms with Crippen LogP contribution in [0.15, 0.2) is 0 Å². The zero-order valence-electron chi connectivity index (χ0n) is 8.08. The van der Waals surface area contributed by atoms with Gasteiger partial charge < -0.3 is 15.7 Å². The minimum absolute atomic E-state index is 0.124. The molecule has 1 fully saturated rings. The van der Waals surface area contributed by atoms with Crippen molar-refractivity contribution in [2.24, 2.45) is 5.73 Å². The number of nitrogens with zero attached hydrogens (tertiary/aromatic N) is 1. The van der Waals surface area contributed by atoms with Crippen molar-refractivity contribution in [2.75, 3.05) is 19.7 Å². The number of likely N-dealkylation sites (tertiary alicyclic amines) is 1. The summed E-state index contributed by atoms with van der Waals surface area (Å²) in [5, 5.41) is 9.03. The number of aliphatic hydroxyl groups excluding tert-OH is 1. The molecule has 72 valence electrons. The van der Waals surface area contributed by atoms with Crippen molar-refractivity contribution >= 4 is 0 Å². The summed E-state index contributed by atoms with van der Waals surface area (Å²) >= 11 is 0. The SMILES string of the molecule is CC(C)N1CCC(N)(CO)CC1. The fourth-order valence-electron chi connectivity index (χ4n) is 1.64. The van der Waals surface area contributed by atoms with Crippen molar-refractivity contribution in [1.29, 1.82) is 0 Å². The Bertz CT molecular complexity index is 139. The van der Waals surface area contributed by atoms with Gasteiger partial charge >= 0.3 is 0 Å². The van der Waals surface area contributed by atoms with Gasteiger partial charge in [0.1, 0.15) is 0 Å². The maximum Gasteiger partial charge on any atom is 0.0612 e. The number of hydrogen-bond acceptors (Lipinski definition) is 3. The third kappa shape index (κ3) is 2.19. The number of nitrogens with two attached hydrogens (primary N) is 1. The van der Waals surface area contributed by atoms with Gasteiger partial charge in [0, 0.05) is 24.7 Å². The van der Waals surface area contributed by atoms with Crippen LogP contribution in [0.1, 0.15) is 26.7 Å². The fourth-order valence-corrected chi connectivity index (χ4v) is 1.64. The Balaban J connectivity index is 2.39. The standard InChI is InChI=1S/C9H20N2O/c1-8(2)11-5-3-9(10,7-12)4-6-11/h8,12H,3-7,10H2,1-2H3. The molecular weight excluding hydrogens is 152 g/mol. The zero-order valence-corrected chi connectivity index (χ0v) is 8.08. The van der Waals surface area contributed by atoms with Gasteiger partial charge in [-0.05, 0) is 26.7 Å². The largest absolute Gasteiger partial charge is 0.394 e. The minimum Gasteiger partial charge on any atom is -0.394 e. The maximum absolute atomic E-state index is 9.03. The van der Waals surface area contributed by atoms with Gasteiger partial charge in [0.2, 0.25) is 0 Å². The quantitative estimate of drug-likeness (QED) is 0.625. The summed E-state index contributed by atoms with van der Waals surface area (Å²) in [7, 11) is 0. The van der Waals surface area contributed by atoms with Gasteiger partial charge in [-0.2, -0.15) is 0 Å². The molecule has 0 amide bonds. The van der Waals surface area contributed by atoms with E-state index in [4.69, 9.17) is 10.8 Å². The number of hydrogen-bond donors (Lipinski definition) is 2. The molecule has 3 heteroatoms. The Kier molecular flexibility index (Phi) is 3.09. The molecule has 0 spiro atoms. The predicted molar refractivity (Wildman–Crippen MR) is 49.9 cm³/mol. The topological polar surface area (TPSA) is 49.5 Å². The first kappa shape index (κ1) is 9.96. The van der Waals surface area contributed by atoms with Crippen molar-refractivity contribution in [3.63, 3.8) is 0 Å². The maximum atomic E-state index is 9.03. The molecule has 0 saturated carbocycles. The van der Waals surface area contributed by atoms with E-state index >= 15 is 0 Å². The van der Waals surface area contributed by atoms with Crippen molar-refractivity contribution in [3.8, 4) is 0 Å². The highest BCUT2D eigenvalue weighted by atomic mass is 16.3. The third-order valence-corrected chi connectivity index (χ3v) is 2.84. The molecule has 0 atom stereocenters. The van der Waals surface area contributed by atoms with Gasteiger partial charge in [0.25, 0.3) is 0 Å². The normalized spacial score (nSPS) is 24.8. The van der Waals surface area contributed by atoms with Crippen LogP contribution in [-0.4, -0.2) is 41.3 Å². The molecule has 3 nitrogen and oxygen atoms in total. The van der Waals surface area contributed by atoms with Crippen LogP contribution >= 0.6 is 0 Å². The second kappa shape index (κ2) is 3.73. The summed E-state index contributed by atoms with van der Waals surface area (Å²) in [5.41, 5.74) is 5.64. The highest BCUT2D eigenvalue weighted by Crippen LogP contribution is 2.20. The van der Waals surface area contributed by atoms with E-state index in [0.717, 1.165) is 25.9 Å². The predicted octanol–water partition coefficient (Wildman–Crippen LogP) is 0.180. The first-order chi connectivity index (χ1) is 5.57. The molecule has 12 heavy (non-hydrogen) atoms. The van der Waals surface area contributed by atoms with E-state index in [9.17, 15) is 0 Å². The van der Waals surface area contributed by atoms with Gasteiger partial charge in [-0.1, -0.05) is 0 Å². The molecule has 1 aliphatic rings. The lowest BCUT2D eigenvalue weighted by Gasteiger charge is -2.39. The highest BCUT2D eigenvalue weighted by Gasteiger charge is 2.30. The first-order valence-electron chi connectivity index (χ1n) is 4.71. The summed E-state index contributed by atoms with van der Waals surface area (Å²) in [6, 6.07) is 0.605. The average Bonchev–Trinajstić information content (AvgIpc) is 2.05. The third-order valence-electron chi connectivity index (χ3n) is 2.84. The molecule has 1 aliphatic heterocycles. The molecule has 0 aromatic rings. The summed E-state index contributed by atoms with van der Waals surface area (Å²) in [6.45, 7) is 6.56. The van der Waals surface area contributed by atoms with Crippen molar-refractivity contribution < 1.29 is 5.11 Å². The molecular formula is C9H20N2O. The summed E-state index contributed by atoms with van der Waals surface area (Å²) in [5.74, 6) is 0. The molecule has 3 N–H and O–H groups in total. The van der Waals surface area contributed by atoms with Crippen LogP contribution in [0.4, 0.5) is 0 Å². The molecule has 1 rings (SSSR count). The molecule has 0 radical (unpaired) electrons. The van der Waals surface area contributed by atoms with E-state index in [1.807, 2.05) is 0 Å². The number of piperidine rings is 1. The van der Waals surface area contributed by atoms with Crippen molar-refractivity contribution in [1.82, 2.24) is 4.90 Å². The summed E-state index contributed by atoms with van der Waals surface area (Å²) in [6.07, 6.45) is 1.84. The Hall–Kier alpha value is -0.120. The van der Waals surface area contributed by atoms with Crippen LogP contribution in [0.25, 0.3) is 0 Å². The second-order valence-corrected chi connectivity index (χ2v) is 4.15. The minimum atomic E-state index is -0.300. The lowest BCUT2D eigenvalue weighted by molar-refractivity contribution is 0.0894. The van der Waals surface area contributed by atoms with E-state index in [0.29, 0.717) is 6.04 Å². The molecule has 0 unspecified atom stereocenters. The van der Waals surface area contributed by atoms with Crippen LogP contribution in [0.2, 0.25) is 0 Å². The molecule has 0 bridgehead atoms. The lowest BCUT2D eigenvalue weighted by atomic mass is 9.89. The monoisotopic (exact) mass is 172 g/mol. The molecule has 1 heterocycles. The van der Waals surface area contributed by atoms with Gasteiger partial charge in [0.15, 0.2) is 0 Å². The molecule has 0 aliphatic carbocycles. The zero-order chi connectivity index (χ0) is 9.19. The van der Waals surface area contributed by atoms with E-state index in [1.54, 1.807) is 0 Å². The van der Waals surface area contributed by atoms with Gasteiger partial charge in [-0.25, -0.2) is 0 Å². The van der Waals surface area contributed by atoms with Crippen molar-refractivity contribution in [2.45, 2.75) is 38.3 Å². The number of rotatable bonds is 2. The van der Waals surface area contributed by atoms with Crippen LogP contribution in [-0.2, 0) is 0 Å². The number of aliphatic hydroxyl groups is 1. The van der Waals surface area contributed by atoms with Crippen LogP contribution in [0.5, 0.6) is 0 Å². The first-order valence-corrected chi connectivity index (χ1v) is 4.71. The van der Waals surface area contributed by atoms with Gasteiger partial charge in [0.05, 0.1) is 6.61 Å². The average molecular weight is 172 g/mol. The molecule has 1 saturated heterocycles. The van der Waals surface area contributed by atoms with Crippen LogP contribution in [0.3, 0.4) is 0 Å². The van der Waals surface area contributed by atoms with Gasteiger partial charge in [-0.3, -0.25) is 0 Å². The van der Waals surface area contributed by atoms with Crippen molar-refractivity contribution in [3.05, 3.63) is 0 Å². The van der Waals surface area contributed by atoms with E-state index in [2.05, 4.69) is 18.7 Å². The Morgan fingerprint density at radius 1 is 1.42 bits per heavy atom. The summed E-state index contributed by atoms with van der Waals surface area (Å²) in [4.78, 5) is 2.40. The van der Waals surface area contributed by atoms with E-state index in [-0.39, 0.29) is 12.1 Å². The smallest absolute Gasteiger partial charge is 0.0612 e. The molecule has 0 aromatic carbocycles. The van der Waals surface area contributed by atoms with Crippen LogP contribution in [0, 0.1) is 0 Å². The Labute approximate surface area is 74.5 Å². The van der Waals surface area contributed by atoms with E-state index < -0.39 is 0 Å². The second-order valence-electron chi connectivity index (χ2n) is 4.15. The van der Waals surface area contributed by atoms with E-state index in [1.165, 1.54) is 0 Å². The Morgan fingerprint density at radius 3 is 2.25 bits per heavy atom.